The molecule has 0 spiro atoms. The molecular formula is C21H17N3O2S4. The first-order chi connectivity index (χ1) is 14.6. The number of amides is 1. The molecule has 0 atom stereocenters. The third kappa shape index (κ3) is 4.29. The Hall–Kier alpha value is -2.20. The SMILES string of the molecule is C=CCSc1nc2ccccc2n1C(=O)CCN1C(=O)C(=Cc2cccs2)SC1=S. The van der Waals surface area contributed by atoms with Gasteiger partial charge in [-0.25, -0.2) is 4.98 Å². The van der Waals surface area contributed by atoms with Crippen LogP contribution in [0, 0.1) is 0 Å². The zero-order valence-electron chi connectivity index (χ0n) is 15.8. The minimum Gasteiger partial charge on any atom is -0.292 e. The summed E-state index contributed by atoms with van der Waals surface area (Å²) >= 11 is 9.68. The van der Waals surface area contributed by atoms with Gasteiger partial charge in [-0.3, -0.25) is 19.1 Å². The molecule has 2 aromatic heterocycles. The van der Waals surface area contributed by atoms with E-state index in [0.717, 1.165) is 15.9 Å². The van der Waals surface area contributed by atoms with Gasteiger partial charge in [-0.15, -0.1) is 17.9 Å². The number of nitrogens with zero attached hydrogens (tertiary/aromatic N) is 3. The minimum absolute atomic E-state index is 0.119. The van der Waals surface area contributed by atoms with Crippen molar-refractivity contribution in [3.05, 3.63) is 64.2 Å². The van der Waals surface area contributed by atoms with Gasteiger partial charge in [0, 0.05) is 23.6 Å². The van der Waals surface area contributed by atoms with Crippen molar-refractivity contribution in [3.63, 3.8) is 0 Å². The van der Waals surface area contributed by atoms with E-state index in [2.05, 4.69) is 11.6 Å². The van der Waals surface area contributed by atoms with Gasteiger partial charge in [0.2, 0.25) is 5.91 Å². The van der Waals surface area contributed by atoms with Crippen molar-refractivity contribution >= 4 is 80.3 Å². The maximum atomic E-state index is 13.1. The number of carbonyl (C=O) groups excluding carboxylic acids is 2. The van der Waals surface area contributed by atoms with Crippen LogP contribution in [-0.2, 0) is 4.79 Å². The summed E-state index contributed by atoms with van der Waals surface area (Å²) in [6.45, 7) is 3.97. The largest absolute Gasteiger partial charge is 0.292 e. The zero-order valence-corrected chi connectivity index (χ0v) is 19.1. The standard InChI is InChI=1S/C21H17N3O2S4/c1-2-11-29-20-22-15-7-3-4-8-16(15)24(20)18(25)9-10-23-19(26)17(30-21(23)27)13-14-6-5-12-28-14/h2-8,12-13H,1,9-11H2. The number of thioether (sulfide) groups is 2. The van der Waals surface area contributed by atoms with Crippen LogP contribution in [-0.4, -0.2) is 42.9 Å². The van der Waals surface area contributed by atoms with Crippen molar-refractivity contribution in [2.24, 2.45) is 0 Å². The maximum absolute atomic E-state index is 13.1. The van der Waals surface area contributed by atoms with Crippen molar-refractivity contribution in [3.8, 4) is 0 Å². The molecule has 3 heterocycles. The van der Waals surface area contributed by atoms with E-state index in [9.17, 15) is 9.59 Å². The molecule has 1 saturated heterocycles. The average Bonchev–Trinajstić information content (AvgIpc) is 3.44. The number of aromatic nitrogens is 2. The van der Waals surface area contributed by atoms with Crippen LogP contribution < -0.4 is 0 Å². The number of thiophene rings is 1. The molecule has 0 saturated carbocycles. The lowest BCUT2D eigenvalue weighted by molar-refractivity contribution is -0.122. The van der Waals surface area contributed by atoms with Crippen molar-refractivity contribution in [2.45, 2.75) is 11.6 Å². The molecule has 152 valence electrons. The molecule has 1 aromatic carbocycles. The van der Waals surface area contributed by atoms with E-state index in [0.29, 0.717) is 20.1 Å². The fraction of sp³-hybridized carbons (Fsp3) is 0.143. The second-order valence-electron chi connectivity index (χ2n) is 6.31. The van der Waals surface area contributed by atoms with Gasteiger partial charge in [-0.1, -0.05) is 60.0 Å². The van der Waals surface area contributed by atoms with Crippen LogP contribution in [0.4, 0.5) is 0 Å². The highest BCUT2D eigenvalue weighted by Gasteiger charge is 2.32. The van der Waals surface area contributed by atoms with Gasteiger partial charge in [-0.2, -0.15) is 0 Å². The number of benzene rings is 1. The first kappa shape index (κ1) is 21.0. The molecular weight excluding hydrogens is 455 g/mol. The fourth-order valence-electron chi connectivity index (χ4n) is 2.99. The molecule has 1 aliphatic rings. The van der Waals surface area contributed by atoms with Gasteiger partial charge in [0.05, 0.1) is 15.9 Å². The minimum atomic E-state index is -0.150. The topological polar surface area (TPSA) is 55.2 Å². The Bertz CT molecular complexity index is 1160. The molecule has 4 rings (SSSR count). The summed E-state index contributed by atoms with van der Waals surface area (Å²) < 4.78 is 2.11. The van der Waals surface area contributed by atoms with E-state index >= 15 is 0 Å². The smallest absolute Gasteiger partial charge is 0.266 e. The Morgan fingerprint density at radius 1 is 1.27 bits per heavy atom. The molecule has 0 bridgehead atoms. The quantitative estimate of drug-likeness (QED) is 0.202. The molecule has 0 aliphatic carbocycles. The highest BCUT2D eigenvalue weighted by molar-refractivity contribution is 8.26. The van der Waals surface area contributed by atoms with Crippen LogP contribution in [0.25, 0.3) is 17.1 Å². The molecule has 0 radical (unpaired) electrons. The molecule has 30 heavy (non-hydrogen) atoms. The predicted octanol–water partition coefficient (Wildman–Crippen LogP) is 5.31. The summed E-state index contributed by atoms with van der Waals surface area (Å²) in [6, 6.07) is 11.4. The van der Waals surface area contributed by atoms with Crippen molar-refractivity contribution in [1.82, 2.24) is 14.5 Å². The van der Waals surface area contributed by atoms with E-state index < -0.39 is 0 Å². The summed E-state index contributed by atoms with van der Waals surface area (Å²) in [5.74, 6) is 0.383. The van der Waals surface area contributed by atoms with Gasteiger partial charge >= 0.3 is 0 Å². The summed E-state index contributed by atoms with van der Waals surface area (Å²) in [6.07, 6.45) is 3.78. The molecule has 0 N–H and O–H groups in total. The van der Waals surface area contributed by atoms with Crippen LogP contribution in [0.1, 0.15) is 16.1 Å². The number of fused-ring (bicyclic) bond motifs is 1. The molecule has 3 aromatic rings. The Morgan fingerprint density at radius 3 is 2.87 bits per heavy atom. The lowest BCUT2D eigenvalue weighted by Crippen LogP contribution is -2.31. The van der Waals surface area contributed by atoms with Crippen LogP contribution in [0.5, 0.6) is 0 Å². The van der Waals surface area contributed by atoms with Crippen LogP contribution >= 0.6 is 47.1 Å². The Morgan fingerprint density at radius 2 is 2.10 bits per heavy atom. The van der Waals surface area contributed by atoms with E-state index in [1.165, 1.54) is 28.4 Å². The number of hydrogen-bond acceptors (Lipinski definition) is 7. The maximum Gasteiger partial charge on any atom is 0.266 e. The number of thiocarbonyl (C=S) groups is 1. The van der Waals surface area contributed by atoms with Crippen LogP contribution in [0.15, 0.2) is 64.5 Å². The monoisotopic (exact) mass is 471 g/mol. The number of para-hydroxylation sites is 2. The number of imidazole rings is 1. The number of rotatable bonds is 7. The first-order valence-electron chi connectivity index (χ1n) is 9.11. The van der Waals surface area contributed by atoms with E-state index in [1.54, 1.807) is 22.0 Å². The summed E-state index contributed by atoms with van der Waals surface area (Å²) in [4.78, 5) is 33.5. The normalized spacial score (nSPS) is 15.5. The lowest BCUT2D eigenvalue weighted by atomic mass is 10.3. The van der Waals surface area contributed by atoms with Gasteiger partial charge in [0.15, 0.2) is 5.16 Å². The Labute approximate surface area is 191 Å². The molecule has 1 aliphatic heterocycles. The number of hydrogen-bond donors (Lipinski definition) is 0. The van der Waals surface area contributed by atoms with Gasteiger partial charge in [0.25, 0.3) is 5.91 Å². The summed E-state index contributed by atoms with van der Waals surface area (Å²) in [5.41, 5.74) is 1.53. The third-order valence-electron chi connectivity index (χ3n) is 4.35. The Kier molecular flexibility index (Phi) is 6.52. The van der Waals surface area contributed by atoms with Crippen molar-refractivity contribution < 1.29 is 9.59 Å². The molecule has 5 nitrogen and oxygen atoms in total. The summed E-state index contributed by atoms with van der Waals surface area (Å²) in [5, 5.41) is 2.59. The second-order valence-corrected chi connectivity index (χ2v) is 9.95. The summed E-state index contributed by atoms with van der Waals surface area (Å²) in [7, 11) is 0. The average molecular weight is 472 g/mol. The first-order valence-corrected chi connectivity index (χ1v) is 12.2. The van der Waals surface area contributed by atoms with Crippen LogP contribution in [0.3, 0.4) is 0 Å². The van der Waals surface area contributed by atoms with Crippen LogP contribution in [0.2, 0.25) is 0 Å². The van der Waals surface area contributed by atoms with E-state index in [-0.39, 0.29) is 24.8 Å². The van der Waals surface area contributed by atoms with Gasteiger partial charge in [0.1, 0.15) is 4.32 Å². The molecule has 1 amide bonds. The lowest BCUT2D eigenvalue weighted by Gasteiger charge is -2.14. The highest BCUT2D eigenvalue weighted by atomic mass is 32.2. The van der Waals surface area contributed by atoms with Gasteiger partial charge in [-0.05, 0) is 29.7 Å². The third-order valence-corrected chi connectivity index (χ3v) is 7.48. The molecule has 1 fully saturated rings. The Balaban J connectivity index is 1.52. The zero-order chi connectivity index (χ0) is 21.1. The second kappa shape index (κ2) is 9.30. The molecule has 0 unspecified atom stereocenters. The molecule has 9 heteroatoms. The fourth-order valence-corrected chi connectivity index (χ4v) is 5.78. The van der Waals surface area contributed by atoms with Gasteiger partial charge < -0.3 is 0 Å². The van der Waals surface area contributed by atoms with Crippen molar-refractivity contribution in [2.75, 3.05) is 12.3 Å². The van der Waals surface area contributed by atoms with E-state index in [1.807, 2.05) is 47.9 Å². The van der Waals surface area contributed by atoms with E-state index in [4.69, 9.17) is 12.2 Å². The highest BCUT2D eigenvalue weighted by Crippen LogP contribution is 2.33. The predicted molar refractivity (Wildman–Crippen MR) is 130 cm³/mol. The van der Waals surface area contributed by atoms with Crippen molar-refractivity contribution in [1.29, 1.82) is 0 Å². The number of carbonyl (C=O) groups is 2.